The molecule has 0 bridgehead atoms. The lowest BCUT2D eigenvalue weighted by atomic mass is 10.0. The largest absolute Gasteiger partial charge is 0.465 e. The summed E-state index contributed by atoms with van der Waals surface area (Å²) in [6.45, 7) is 0.127. The highest BCUT2D eigenvalue weighted by molar-refractivity contribution is 6.16. The molecule has 34 heavy (non-hydrogen) atoms. The molecule has 3 aromatic carbocycles. The molecule has 2 heterocycles. The Bertz CT molecular complexity index is 1320. The smallest absolute Gasteiger partial charge is 0.337 e. The third-order valence-electron chi connectivity index (χ3n) is 6.05. The number of carbonyl (C=O) groups is 4. The number of carbonyl (C=O) groups excluding carboxylic acids is 4. The van der Waals surface area contributed by atoms with Gasteiger partial charge in [-0.2, -0.15) is 0 Å². The molecular formula is C26H21N3O5. The zero-order valence-corrected chi connectivity index (χ0v) is 18.4. The zero-order valence-electron chi connectivity index (χ0n) is 18.4. The standard InChI is InChI=1S/C26H21N3O5/c1-34-26(33)16-10-12-17(13-11-16)27-22(30)14-15-28-23-18-6-2-3-7-19(18)25(32)29(23)21-9-5-4-8-20(21)24(28)31/h2-13,23H,14-15H2,1H3,(H,27,30)/t23-/m0/s1. The third-order valence-corrected chi connectivity index (χ3v) is 6.05. The molecule has 0 saturated carbocycles. The van der Waals surface area contributed by atoms with Gasteiger partial charge in [-0.15, -0.1) is 0 Å². The molecule has 2 aliphatic rings. The number of esters is 1. The van der Waals surface area contributed by atoms with Crippen molar-refractivity contribution in [2.45, 2.75) is 12.6 Å². The van der Waals surface area contributed by atoms with E-state index in [1.807, 2.05) is 12.1 Å². The van der Waals surface area contributed by atoms with E-state index in [0.717, 1.165) is 5.56 Å². The van der Waals surface area contributed by atoms with Gasteiger partial charge in [0, 0.05) is 29.8 Å². The molecule has 8 heteroatoms. The molecule has 170 valence electrons. The summed E-state index contributed by atoms with van der Waals surface area (Å²) in [5, 5.41) is 2.78. The average molecular weight is 455 g/mol. The maximum absolute atomic E-state index is 13.4. The lowest BCUT2D eigenvalue weighted by molar-refractivity contribution is -0.116. The van der Waals surface area contributed by atoms with Gasteiger partial charge in [0.05, 0.1) is 23.9 Å². The maximum Gasteiger partial charge on any atom is 0.337 e. The van der Waals surface area contributed by atoms with Gasteiger partial charge in [0.25, 0.3) is 11.8 Å². The summed E-state index contributed by atoms with van der Waals surface area (Å²) in [4.78, 5) is 54.0. The molecule has 3 aromatic rings. The summed E-state index contributed by atoms with van der Waals surface area (Å²) in [6.07, 6.45) is -0.564. The molecule has 0 spiro atoms. The van der Waals surface area contributed by atoms with Crippen molar-refractivity contribution < 1.29 is 23.9 Å². The topological polar surface area (TPSA) is 96.0 Å². The maximum atomic E-state index is 13.4. The van der Waals surface area contributed by atoms with Crippen molar-refractivity contribution in [1.82, 2.24) is 4.90 Å². The Hall–Kier alpha value is -4.46. The zero-order chi connectivity index (χ0) is 23.8. The Kier molecular flexibility index (Phi) is 5.33. The van der Waals surface area contributed by atoms with Gasteiger partial charge < -0.3 is 15.0 Å². The highest BCUT2D eigenvalue weighted by atomic mass is 16.5. The van der Waals surface area contributed by atoms with Gasteiger partial charge in [-0.3, -0.25) is 19.3 Å². The highest BCUT2D eigenvalue weighted by Gasteiger charge is 2.47. The van der Waals surface area contributed by atoms with Crippen LogP contribution in [-0.2, 0) is 9.53 Å². The van der Waals surface area contributed by atoms with Gasteiger partial charge in [0.1, 0.15) is 6.17 Å². The number of rotatable bonds is 5. The molecule has 1 N–H and O–H groups in total. The number of amides is 3. The third kappa shape index (κ3) is 3.49. The minimum absolute atomic E-state index is 0.0351. The van der Waals surface area contributed by atoms with Crippen LogP contribution in [0.1, 0.15) is 49.2 Å². The van der Waals surface area contributed by atoms with Gasteiger partial charge in [-0.05, 0) is 42.5 Å². The summed E-state index contributed by atoms with van der Waals surface area (Å²) in [5.41, 5.74) is 3.20. The Labute approximate surface area is 195 Å². The first-order valence-corrected chi connectivity index (χ1v) is 10.8. The Balaban J connectivity index is 1.37. The van der Waals surface area contributed by atoms with Crippen LogP contribution in [0.3, 0.4) is 0 Å². The number of nitrogens with one attached hydrogen (secondary N) is 1. The van der Waals surface area contributed by atoms with Crippen LogP contribution in [0, 0.1) is 0 Å². The second-order valence-electron chi connectivity index (χ2n) is 8.02. The lowest BCUT2D eigenvalue weighted by Crippen LogP contribution is -2.48. The number of benzene rings is 3. The van der Waals surface area contributed by atoms with E-state index in [4.69, 9.17) is 0 Å². The van der Waals surface area contributed by atoms with Crippen molar-refractivity contribution in [3.63, 3.8) is 0 Å². The van der Waals surface area contributed by atoms with E-state index < -0.39 is 12.1 Å². The van der Waals surface area contributed by atoms with Crippen LogP contribution < -0.4 is 10.2 Å². The molecule has 0 saturated heterocycles. The quantitative estimate of drug-likeness (QED) is 0.593. The van der Waals surface area contributed by atoms with Gasteiger partial charge in [0.2, 0.25) is 5.91 Å². The first kappa shape index (κ1) is 21.4. The van der Waals surface area contributed by atoms with Crippen molar-refractivity contribution >= 4 is 35.1 Å². The van der Waals surface area contributed by atoms with E-state index >= 15 is 0 Å². The Morgan fingerprint density at radius 2 is 1.56 bits per heavy atom. The number of nitrogens with zero attached hydrogens (tertiary/aromatic N) is 2. The molecule has 8 nitrogen and oxygen atoms in total. The molecule has 0 fully saturated rings. The van der Waals surface area contributed by atoms with Gasteiger partial charge >= 0.3 is 5.97 Å². The number of methoxy groups -OCH3 is 1. The van der Waals surface area contributed by atoms with Crippen molar-refractivity contribution in [2.75, 3.05) is 23.9 Å². The van der Waals surface area contributed by atoms with Crippen LogP contribution >= 0.6 is 0 Å². The van der Waals surface area contributed by atoms with Crippen LogP contribution in [0.25, 0.3) is 0 Å². The predicted molar refractivity (Wildman–Crippen MR) is 124 cm³/mol. The van der Waals surface area contributed by atoms with Gasteiger partial charge in [-0.1, -0.05) is 30.3 Å². The number of fused-ring (bicyclic) bond motifs is 5. The molecule has 0 aromatic heterocycles. The number of hydrogen-bond acceptors (Lipinski definition) is 5. The number of hydrogen-bond donors (Lipinski definition) is 1. The van der Waals surface area contributed by atoms with E-state index in [1.54, 1.807) is 70.5 Å². The minimum Gasteiger partial charge on any atom is -0.465 e. The Morgan fingerprint density at radius 3 is 2.29 bits per heavy atom. The van der Waals surface area contributed by atoms with Crippen LogP contribution in [0.5, 0.6) is 0 Å². The van der Waals surface area contributed by atoms with Crippen LogP contribution in [0.4, 0.5) is 11.4 Å². The van der Waals surface area contributed by atoms with Crippen molar-refractivity contribution in [3.05, 3.63) is 95.1 Å². The van der Waals surface area contributed by atoms with Crippen LogP contribution in [0.2, 0.25) is 0 Å². The first-order valence-electron chi connectivity index (χ1n) is 10.8. The molecule has 0 aliphatic carbocycles. The second-order valence-corrected chi connectivity index (χ2v) is 8.02. The SMILES string of the molecule is COC(=O)c1ccc(NC(=O)CCN2C(=O)c3ccccc3N3C(=O)c4ccccc4[C@@H]23)cc1. The summed E-state index contributed by atoms with van der Waals surface area (Å²) in [7, 11) is 1.30. The first-order chi connectivity index (χ1) is 16.5. The normalized spacial score (nSPS) is 16.0. The number of para-hydroxylation sites is 1. The minimum atomic E-state index is -0.599. The van der Waals surface area contributed by atoms with E-state index in [-0.39, 0.29) is 30.7 Å². The molecule has 0 radical (unpaired) electrons. The molecule has 1 atom stereocenters. The van der Waals surface area contributed by atoms with Crippen molar-refractivity contribution in [2.24, 2.45) is 0 Å². The van der Waals surface area contributed by atoms with Gasteiger partial charge in [-0.25, -0.2) is 4.79 Å². The van der Waals surface area contributed by atoms with Crippen molar-refractivity contribution in [1.29, 1.82) is 0 Å². The number of ether oxygens (including phenoxy) is 1. The fraction of sp³-hybridized carbons (Fsp3) is 0.154. The lowest BCUT2D eigenvalue weighted by Gasteiger charge is -2.40. The molecular weight excluding hydrogens is 434 g/mol. The molecule has 0 unspecified atom stereocenters. The van der Waals surface area contributed by atoms with E-state index in [1.165, 1.54) is 7.11 Å². The van der Waals surface area contributed by atoms with E-state index in [9.17, 15) is 19.2 Å². The molecule has 3 amide bonds. The predicted octanol–water partition coefficient (Wildman–Crippen LogP) is 3.62. The highest BCUT2D eigenvalue weighted by Crippen LogP contribution is 2.45. The fourth-order valence-corrected chi connectivity index (χ4v) is 4.45. The fourth-order valence-electron chi connectivity index (χ4n) is 4.45. The average Bonchev–Trinajstić information content (AvgIpc) is 3.16. The molecule has 5 rings (SSSR count). The second kappa shape index (κ2) is 8.47. The monoisotopic (exact) mass is 455 g/mol. The van der Waals surface area contributed by atoms with Gasteiger partial charge in [0.15, 0.2) is 0 Å². The number of anilines is 2. The summed E-state index contributed by atoms with van der Waals surface area (Å²) in [6, 6.07) is 20.6. The molecule has 2 aliphatic heterocycles. The van der Waals surface area contributed by atoms with Crippen LogP contribution in [-0.4, -0.2) is 42.2 Å². The van der Waals surface area contributed by atoms with Crippen molar-refractivity contribution in [3.8, 4) is 0 Å². The summed E-state index contributed by atoms with van der Waals surface area (Å²) >= 11 is 0. The Morgan fingerprint density at radius 1 is 0.882 bits per heavy atom. The van der Waals surface area contributed by atoms with E-state index in [0.29, 0.717) is 28.1 Å². The van der Waals surface area contributed by atoms with Crippen LogP contribution in [0.15, 0.2) is 72.8 Å². The van der Waals surface area contributed by atoms with E-state index in [2.05, 4.69) is 10.1 Å². The summed E-state index contributed by atoms with van der Waals surface area (Å²) < 4.78 is 4.67. The summed E-state index contributed by atoms with van der Waals surface area (Å²) in [5.74, 6) is -1.14.